The average Bonchev–Trinajstić information content (AvgIpc) is 3.44. The topological polar surface area (TPSA) is 26.8 Å². The molecule has 3 fully saturated rings. The van der Waals surface area contributed by atoms with Crippen LogP contribution in [0.15, 0.2) is 53.4 Å². The smallest absolute Gasteiger partial charge is 0.371 e. The van der Waals surface area contributed by atoms with E-state index in [0.29, 0.717) is 24.2 Å². The molecular weight excluding hydrogens is 543 g/mol. The Kier molecular flexibility index (Phi) is 10.2. The monoisotopic (exact) mass is 581 g/mol. The van der Waals surface area contributed by atoms with E-state index in [4.69, 9.17) is 11.6 Å². The normalized spacial score (nSPS) is 23.5. The molecule has 2 aromatic rings. The number of halogens is 4. The number of hydrogen-bond acceptors (Lipinski definition) is 4. The highest BCUT2D eigenvalue weighted by molar-refractivity contribution is 8.00. The predicted molar refractivity (Wildman–Crippen MR) is 154 cm³/mol. The number of nitrogens with zero attached hydrogens (tertiary/aromatic N) is 3. The van der Waals surface area contributed by atoms with Gasteiger partial charge in [-0.15, -0.1) is 0 Å². The van der Waals surface area contributed by atoms with Crippen molar-refractivity contribution in [3.05, 3.63) is 59.1 Å². The van der Waals surface area contributed by atoms with Crippen LogP contribution in [0, 0.1) is 17.8 Å². The zero-order chi connectivity index (χ0) is 26.7. The second-order valence-corrected chi connectivity index (χ2v) is 12.6. The number of amides is 1. The van der Waals surface area contributed by atoms with Crippen LogP contribution < -0.4 is 4.90 Å². The molecule has 39 heavy (non-hydrogen) atoms. The van der Waals surface area contributed by atoms with Crippen molar-refractivity contribution < 1.29 is 18.0 Å². The van der Waals surface area contributed by atoms with Gasteiger partial charge in [-0.2, -0.15) is 13.2 Å². The lowest BCUT2D eigenvalue weighted by Crippen LogP contribution is -2.40. The molecule has 0 spiro atoms. The summed E-state index contributed by atoms with van der Waals surface area (Å²) >= 11 is 5.95. The maximum atomic E-state index is 12.9. The number of alkyl halides is 3. The lowest BCUT2D eigenvalue weighted by molar-refractivity contribution is -0.133. The van der Waals surface area contributed by atoms with Crippen molar-refractivity contribution in [1.82, 2.24) is 9.80 Å². The Morgan fingerprint density at radius 1 is 0.949 bits per heavy atom. The molecule has 9 heteroatoms. The number of anilines is 1. The number of carbonyl (C=O) groups excluding carboxylic acids is 1. The van der Waals surface area contributed by atoms with E-state index < -0.39 is 5.51 Å². The van der Waals surface area contributed by atoms with Crippen molar-refractivity contribution in [2.75, 3.05) is 50.7 Å². The van der Waals surface area contributed by atoms with Gasteiger partial charge in [-0.1, -0.05) is 31.2 Å². The number of piperidine rings is 1. The van der Waals surface area contributed by atoms with Crippen LogP contribution in [0.1, 0.15) is 38.7 Å². The Bertz CT molecular complexity index is 1070. The maximum Gasteiger partial charge on any atom is 0.446 e. The molecule has 3 aliphatic rings. The minimum absolute atomic E-state index is 0. The van der Waals surface area contributed by atoms with Gasteiger partial charge in [0.1, 0.15) is 0 Å². The van der Waals surface area contributed by atoms with E-state index in [0.717, 1.165) is 82.1 Å². The Morgan fingerprint density at radius 3 is 2.26 bits per heavy atom. The molecule has 3 heterocycles. The van der Waals surface area contributed by atoms with Crippen LogP contribution in [0.2, 0.25) is 5.02 Å². The molecular formula is C30H39ClF3N3OS. The zero-order valence-corrected chi connectivity index (χ0v) is 23.1. The molecule has 2 unspecified atom stereocenters. The van der Waals surface area contributed by atoms with Crippen LogP contribution >= 0.6 is 23.4 Å². The molecule has 0 aromatic heterocycles. The molecule has 3 atom stereocenters. The van der Waals surface area contributed by atoms with E-state index >= 15 is 0 Å². The number of rotatable bonds is 8. The minimum atomic E-state index is -4.27. The molecule has 0 aliphatic carbocycles. The molecule has 1 amide bonds. The van der Waals surface area contributed by atoms with Gasteiger partial charge in [0.25, 0.3) is 0 Å². The Morgan fingerprint density at radius 2 is 1.62 bits per heavy atom. The highest BCUT2D eigenvalue weighted by atomic mass is 35.5. The summed E-state index contributed by atoms with van der Waals surface area (Å²) in [4.78, 5) is 20.2. The fourth-order valence-electron chi connectivity index (χ4n) is 6.37. The summed E-state index contributed by atoms with van der Waals surface area (Å²) in [7, 11) is 0. The fourth-order valence-corrected chi connectivity index (χ4v) is 7.03. The van der Waals surface area contributed by atoms with Crippen molar-refractivity contribution in [3.63, 3.8) is 0 Å². The number of benzene rings is 2. The summed E-state index contributed by atoms with van der Waals surface area (Å²) in [5.41, 5.74) is -1.98. The summed E-state index contributed by atoms with van der Waals surface area (Å²) in [5, 5.41) is 0.769. The number of carbonyl (C=O) groups is 1. The third kappa shape index (κ3) is 8.30. The Hall–Kier alpha value is -1.90. The second kappa shape index (κ2) is 13.2. The molecule has 3 aliphatic heterocycles. The highest BCUT2D eigenvalue weighted by Gasteiger charge is 2.39. The Labute approximate surface area is 239 Å². The molecule has 4 nitrogen and oxygen atoms in total. The van der Waals surface area contributed by atoms with Crippen LogP contribution in [-0.2, 0) is 11.2 Å². The first-order chi connectivity index (χ1) is 18.2. The van der Waals surface area contributed by atoms with Crippen LogP contribution in [0.3, 0.4) is 0 Å². The summed E-state index contributed by atoms with van der Waals surface area (Å²) < 4.78 is 37.7. The fraction of sp³-hybridized carbons (Fsp3) is 0.567. The van der Waals surface area contributed by atoms with Gasteiger partial charge in [0.05, 0.1) is 0 Å². The Balaban J connectivity index is 0.00000353. The highest BCUT2D eigenvalue weighted by Crippen LogP contribution is 2.37. The first kappa shape index (κ1) is 30.1. The van der Waals surface area contributed by atoms with E-state index in [1.807, 2.05) is 17.0 Å². The van der Waals surface area contributed by atoms with Crippen molar-refractivity contribution in [2.45, 2.75) is 49.9 Å². The molecule has 0 radical (unpaired) electrons. The molecule has 0 N–H and O–H groups in total. The van der Waals surface area contributed by atoms with Gasteiger partial charge in [0.15, 0.2) is 0 Å². The van der Waals surface area contributed by atoms with E-state index in [1.165, 1.54) is 5.69 Å². The maximum absolute atomic E-state index is 12.9. The number of hydrogen-bond donors (Lipinski definition) is 0. The minimum Gasteiger partial charge on any atom is -0.371 e. The van der Waals surface area contributed by atoms with Crippen molar-refractivity contribution >= 4 is 35.0 Å². The van der Waals surface area contributed by atoms with Crippen LogP contribution in [0.5, 0.6) is 0 Å². The van der Waals surface area contributed by atoms with E-state index in [-0.39, 0.29) is 30.0 Å². The van der Waals surface area contributed by atoms with Gasteiger partial charge in [-0.25, -0.2) is 0 Å². The predicted octanol–water partition coefficient (Wildman–Crippen LogP) is 7.22. The molecule has 0 saturated carbocycles. The van der Waals surface area contributed by atoms with Gasteiger partial charge in [0.2, 0.25) is 5.91 Å². The molecule has 0 bridgehead atoms. The molecule has 5 rings (SSSR count). The third-order valence-electron chi connectivity index (χ3n) is 8.17. The van der Waals surface area contributed by atoms with Gasteiger partial charge in [-0.05, 0) is 104 Å². The first-order valence-corrected chi connectivity index (χ1v) is 14.8. The second-order valence-electron chi connectivity index (χ2n) is 11.0. The van der Waals surface area contributed by atoms with Crippen LogP contribution in [0.4, 0.5) is 18.9 Å². The van der Waals surface area contributed by atoms with Crippen LogP contribution in [-0.4, -0.2) is 67.0 Å². The van der Waals surface area contributed by atoms with Gasteiger partial charge in [-0.3, -0.25) is 4.79 Å². The summed E-state index contributed by atoms with van der Waals surface area (Å²) in [6.45, 7) is 6.90. The molecule has 2 aromatic carbocycles. The van der Waals surface area contributed by atoms with Gasteiger partial charge in [0, 0.05) is 61.3 Å². The standard InChI is InChI=1S/C29H35ClF3N3OS.CH4/c30-25-7-9-26(10-8-25)36-19-23-17-34(18-24(23)20-36)13-2-4-28(37)35-14-1-3-22(16-35)15-21-5-11-27(12-6-21)38-29(31,32)33;/h5-12,22-24H,1-4,13-20H2;1H4/t22-,23?,24?;/m1./s1. The zero-order valence-electron chi connectivity index (χ0n) is 21.5. The van der Waals surface area contributed by atoms with E-state index in [2.05, 4.69) is 21.9 Å². The van der Waals surface area contributed by atoms with Crippen molar-refractivity contribution in [2.24, 2.45) is 17.8 Å². The quantitative estimate of drug-likeness (QED) is 0.308. The summed E-state index contributed by atoms with van der Waals surface area (Å²) in [5.74, 6) is 1.96. The SMILES string of the molecule is C.O=C(CCCN1CC2CN(c3ccc(Cl)cc3)CC2C1)N1CCC[C@H](Cc2ccc(SC(F)(F)F)cc2)C1. The molecule has 3 saturated heterocycles. The van der Waals surface area contributed by atoms with E-state index in [1.54, 1.807) is 24.3 Å². The lowest BCUT2D eigenvalue weighted by atomic mass is 9.91. The largest absolute Gasteiger partial charge is 0.446 e. The number of thioether (sulfide) groups is 1. The van der Waals surface area contributed by atoms with Crippen molar-refractivity contribution in [3.8, 4) is 0 Å². The molecule has 214 valence electrons. The summed E-state index contributed by atoms with van der Waals surface area (Å²) in [6.07, 6.45) is 4.30. The number of fused-ring (bicyclic) bond motifs is 1. The van der Waals surface area contributed by atoms with Crippen molar-refractivity contribution in [1.29, 1.82) is 0 Å². The number of likely N-dealkylation sites (tertiary alicyclic amines) is 2. The average molecular weight is 582 g/mol. The lowest BCUT2D eigenvalue weighted by Gasteiger charge is -2.33. The van der Waals surface area contributed by atoms with Crippen LogP contribution in [0.25, 0.3) is 0 Å². The van der Waals surface area contributed by atoms with Gasteiger partial charge >= 0.3 is 5.51 Å². The summed E-state index contributed by atoms with van der Waals surface area (Å²) in [6, 6.07) is 14.8. The van der Waals surface area contributed by atoms with Gasteiger partial charge < -0.3 is 14.7 Å². The first-order valence-electron chi connectivity index (χ1n) is 13.6. The van der Waals surface area contributed by atoms with E-state index in [9.17, 15) is 18.0 Å². The third-order valence-corrected chi connectivity index (χ3v) is 9.16.